The summed E-state index contributed by atoms with van der Waals surface area (Å²) < 4.78 is 5.75. The molecular weight excluding hydrogens is 222 g/mol. The molecule has 2 aromatic rings. The summed E-state index contributed by atoms with van der Waals surface area (Å²) in [4.78, 5) is 2.37. The van der Waals surface area contributed by atoms with Crippen LogP contribution in [0.25, 0.3) is 0 Å². The van der Waals surface area contributed by atoms with Crippen LogP contribution in [0.4, 0.5) is 5.69 Å². The van der Waals surface area contributed by atoms with E-state index in [4.69, 9.17) is 4.74 Å². The molecule has 0 N–H and O–H groups in total. The average molecular weight is 239 g/mol. The molecule has 1 aliphatic heterocycles. The summed E-state index contributed by atoms with van der Waals surface area (Å²) in [6.07, 6.45) is 0. The molecule has 1 heterocycles. The van der Waals surface area contributed by atoms with E-state index < -0.39 is 0 Å². The maximum Gasteiger partial charge on any atom is 0.0717 e. The third-order valence-corrected chi connectivity index (χ3v) is 3.22. The average Bonchev–Trinajstić information content (AvgIpc) is 3.21. The van der Waals surface area contributed by atoms with Crippen molar-refractivity contribution in [1.82, 2.24) is 0 Å². The molecule has 92 valence electrons. The van der Waals surface area contributed by atoms with Gasteiger partial charge < -0.3 is 9.64 Å². The Hall–Kier alpha value is -1.80. The molecule has 1 fully saturated rings. The lowest BCUT2D eigenvalue weighted by Gasteiger charge is -2.06. The fourth-order valence-electron chi connectivity index (χ4n) is 2.15. The van der Waals surface area contributed by atoms with Gasteiger partial charge >= 0.3 is 0 Å². The third kappa shape index (κ3) is 2.71. The first-order valence-electron chi connectivity index (χ1n) is 6.37. The van der Waals surface area contributed by atoms with E-state index in [0.29, 0.717) is 12.6 Å². The van der Waals surface area contributed by atoms with E-state index in [1.807, 2.05) is 24.3 Å². The van der Waals surface area contributed by atoms with Crippen molar-refractivity contribution in [3.05, 3.63) is 66.2 Å². The maximum absolute atomic E-state index is 5.75. The SMILES string of the molecule is c1ccc(COC[C@@H]2CN2c2ccccc2)cc1. The largest absolute Gasteiger partial charge is 0.375 e. The second-order valence-corrected chi connectivity index (χ2v) is 4.64. The number of para-hydroxylation sites is 1. The molecule has 3 rings (SSSR count). The van der Waals surface area contributed by atoms with Crippen molar-refractivity contribution in [3.8, 4) is 0 Å². The molecule has 0 unspecified atom stereocenters. The topological polar surface area (TPSA) is 12.2 Å². The fraction of sp³-hybridized carbons (Fsp3) is 0.250. The van der Waals surface area contributed by atoms with Crippen molar-refractivity contribution in [1.29, 1.82) is 0 Å². The number of benzene rings is 2. The Bertz CT molecular complexity index is 483. The van der Waals surface area contributed by atoms with E-state index in [9.17, 15) is 0 Å². The number of hydrogen-bond donors (Lipinski definition) is 0. The summed E-state index contributed by atoms with van der Waals surface area (Å²) in [6.45, 7) is 2.63. The highest BCUT2D eigenvalue weighted by Gasteiger charge is 2.33. The van der Waals surface area contributed by atoms with Gasteiger partial charge in [-0.2, -0.15) is 0 Å². The Morgan fingerprint density at radius 3 is 2.33 bits per heavy atom. The van der Waals surface area contributed by atoms with Crippen molar-refractivity contribution in [2.24, 2.45) is 0 Å². The minimum atomic E-state index is 0.552. The summed E-state index contributed by atoms with van der Waals surface area (Å²) >= 11 is 0. The normalized spacial score (nSPS) is 17.8. The number of ether oxygens (including phenoxy) is 1. The van der Waals surface area contributed by atoms with Crippen LogP contribution in [-0.2, 0) is 11.3 Å². The Morgan fingerprint density at radius 1 is 0.944 bits per heavy atom. The summed E-state index contributed by atoms with van der Waals surface area (Å²) in [7, 11) is 0. The molecule has 1 aliphatic rings. The second kappa shape index (κ2) is 5.23. The molecule has 0 radical (unpaired) electrons. The summed E-state index contributed by atoms with van der Waals surface area (Å²) in [5, 5.41) is 0. The molecule has 2 nitrogen and oxygen atoms in total. The van der Waals surface area contributed by atoms with Crippen molar-refractivity contribution in [3.63, 3.8) is 0 Å². The summed E-state index contributed by atoms with van der Waals surface area (Å²) in [6, 6.07) is 21.4. The van der Waals surface area contributed by atoms with Gasteiger partial charge in [0.25, 0.3) is 0 Å². The van der Waals surface area contributed by atoms with E-state index in [1.54, 1.807) is 0 Å². The zero-order valence-corrected chi connectivity index (χ0v) is 10.3. The number of nitrogens with zero attached hydrogens (tertiary/aromatic N) is 1. The fourth-order valence-corrected chi connectivity index (χ4v) is 2.15. The molecule has 0 saturated carbocycles. The van der Waals surface area contributed by atoms with Crippen LogP contribution in [0, 0.1) is 0 Å². The van der Waals surface area contributed by atoms with E-state index >= 15 is 0 Å². The lowest BCUT2D eigenvalue weighted by Crippen LogP contribution is -2.07. The molecule has 2 aromatic carbocycles. The van der Waals surface area contributed by atoms with E-state index in [1.165, 1.54) is 11.3 Å². The van der Waals surface area contributed by atoms with Gasteiger partial charge in [0.2, 0.25) is 0 Å². The zero-order valence-electron chi connectivity index (χ0n) is 10.3. The summed E-state index contributed by atoms with van der Waals surface area (Å²) in [5.74, 6) is 0. The van der Waals surface area contributed by atoms with E-state index in [0.717, 1.165) is 13.2 Å². The van der Waals surface area contributed by atoms with E-state index in [2.05, 4.69) is 41.3 Å². The highest BCUT2D eigenvalue weighted by Crippen LogP contribution is 2.27. The number of hydrogen-bond acceptors (Lipinski definition) is 2. The van der Waals surface area contributed by atoms with Crippen LogP contribution >= 0.6 is 0 Å². The minimum absolute atomic E-state index is 0.552. The van der Waals surface area contributed by atoms with Crippen molar-refractivity contribution in [2.75, 3.05) is 18.1 Å². The van der Waals surface area contributed by atoms with Crippen LogP contribution in [0.5, 0.6) is 0 Å². The van der Waals surface area contributed by atoms with Gasteiger partial charge in [-0.05, 0) is 17.7 Å². The van der Waals surface area contributed by atoms with E-state index in [-0.39, 0.29) is 0 Å². The Morgan fingerprint density at radius 2 is 1.61 bits per heavy atom. The van der Waals surface area contributed by atoms with Gasteiger partial charge in [0.05, 0.1) is 19.3 Å². The zero-order chi connectivity index (χ0) is 12.2. The molecule has 0 bridgehead atoms. The van der Waals surface area contributed by atoms with Crippen molar-refractivity contribution < 1.29 is 4.74 Å². The first-order chi connectivity index (χ1) is 8.93. The van der Waals surface area contributed by atoms with Gasteiger partial charge in [-0.1, -0.05) is 48.5 Å². The molecule has 2 heteroatoms. The molecular formula is C16H17NO. The predicted molar refractivity (Wildman–Crippen MR) is 73.7 cm³/mol. The molecule has 1 saturated heterocycles. The standard InChI is InChI=1S/C16H17NO/c1-3-7-14(8-4-1)12-18-13-16-11-17(16)15-9-5-2-6-10-15/h1-10,16H,11-13H2/t16-,17?/m0/s1. The lowest BCUT2D eigenvalue weighted by molar-refractivity contribution is 0.124. The van der Waals surface area contributed by atoms with Crippen LogP contribution in [0.3, 0.4) is 0 Å². The lowest BCUT2D eigenvalue weighted by atomic mass is 10.2. The summed E-state index contributed by atoms with van der Waals surface area (Å²) in [5.41, 5.74) is 2.54. The Balaban J connectivity index is 1.44. The van der Waals surface area contributed by atoms with Gasteiger partial charge in [0.15, 0.2) is 0 Å². The monoisotopic (exact) mass is 239 g/mol. The first-order valence-corrected chi connectivity index (χ1v) is 6.37. The first kappa shape index (κ1) is 11.3. The van der Waals surface area contributed by atoms with Crippen LogP contribution in [0.1, 0.15) is 5.56 Å². The Labute approximate surface area is 108 Å². The van der Waals surface area contributed by atoms with Gasteiger partial charge in [-0.25, -0.2) is 0 Å². The van der Waals surface area contributed by atoms with Gasteiger partial charge in [0.1, 0.15) is 0 Å². The van der Waals surface area contributed by atoms with Crippen molar-refractivity contribution in [2.45, 2.75) is 12.6 Å². The number of rotatable bonds is 5. The number of anilines is 1. The molecule has 18 heavy (non-hydrogen) atoms. The Kier molecular flexibility index (Phi) is 3.29. The van der Waals surface area contributed by atoms with Gasteiger partial charge in [0, 0.05) is 12.2 Å². The molecule has 0 aromatic heterocycles. The quantitative estimate of drug-likeness (QED) is 0.743. The second-order valence-electron chi connectivity index (χ2n) is 4.64. The maximum atomic E-state index is 5.75. The van der Waals surface area contributed by atoms with Crippen LogP contribution in [0.2, 0.25) is 0 Å². The highest BCUT2D eigenvalue weighted by atomic mass is 16.5. The molecule has 1 atom stereocenters. The van der Waals surface area contributed by atoms with Crippen molar-refractivity contribution >= 4 is 5.69 Å². The third-order valence-electron chi connectivity index (χ3n) is 3.22. The van der Waals surface area contributed by atoms with Crippen LogP contribution in [0.15, 0.2) is 60.7 Å². The predicted octanol–water partition coefficient (Wildman–Crippen LogP) is 3.09. The smallest absolute Gasteiger partial charge is 0.0717 e. The molecule has 0 aliphatic carbocycles. The minimum Gasteiger partial charge on any atom is -0.375 e. The van der Waals surface area contributed by atoms with Crippen LogP contribution < -0.4 is 4.90 Å². The van der Waals surface area contributed by atoms with Gasteiger partial charge in [-0.3, -0.25) is 0 Å². The molecule has 0 amide bonds. The highest BCUT2D eigenvalue weighted by molar-refractivity contribution is 5.53. The van der Waals surface area contributed by atoms with Crippen LogP contribution in [-0.4, -0.2) is 19.2 Å². The van der Waals surface area contributed by atoms with Gasteiger partial charge in [-0.15, -0.1) is 0 Å². The molecule has 0 spiro atoms.